The topological polar surface area (TPSA) is 92.1 Å². The van der Waals surface area contributed by atoms with Gasteiger partial charge in [0.25, 0.3) is 5.69 Å². The molecule has 0 aliphatic carbocycles. The van der Waals surface area contributed by atoms with Gasteiger partial charge < -0.3 is 14.5 Å². The van der Waals surface area contributed by atoms with E-state index in [2.05, 4.69) is 10.1 Å². The molecule has 1 aromatic carbocycles. The molecule has 7 heteroatoms. The highest BCUT2D eigenvalue weighted by molar-refractivity contribution is 5.81. The summed E-state index contributed by atoms with van der Waals surface area (Å²) in [5.41, 5.74) is 1.63. The maximum Gasteiger partial charge on any atom is 0.270 e. The largest absolute Gasteiger partial charge is 0.455 e. The number of furan rings is 1. The average molecular weight is 315 g/mol. The van der Waals surface area contributed by atoms with Crippen LogP contribution >= 0.6 is 0 Å². The van der Waals surface area contributed by atoms with Crippen molar-refractivity contribution in [3.63, 3.8) is 0 Å². The van der Waals surface area contributed by atoms with Crippen LogP contribution in [0.25, 0.3) is 11.3 Å². The lowest BCUT2D eigenvalue weighted by atomic mass is 10.0. The van der Waals surface area contributed by atoms with Gasteiger partial charge in [-0.25, -0.2) is 0 Å². The Morgan fingerprint density at radius 2 is 2.00 bits per heavy atom. The van der Waals surface area contributed by atoms with E-state index in [9.17, 15) is 10.1 Å². The number of piperidine rings is 1. The molecular formula is C16H17N3O4. The number of non-ortho nitro benzene ring substituents is 1. The monoisotopic (exact) mass is 315 g/mol. The van der Waals surface area contributed by atoms with E-state index in [4.69, 9.17) is 9.62 Å². The van der Waals surface area contributed by atoms with Gasteiger partial charge in [-0.1, -0.05) is 5.16 Å². The van der Waals surface area contributed by atoms with E-state index >= 15 is 0 Å². The fraction of sp³-hybridized carbons (Fsp3) is 0.312. The number of nitrogens with zero attached hydrogens (tertiary/aromatic N) is 3. The Morgan fingerprint density at radius 3 is 2.70 bits per heavy atom. The molecule has 3 rings (SSSR count). The van der Waals surface area contributed by atoms with E-state index in [0.717, 1.165) is 31.6 Å². The van der Waals surface area contributed by atoms with E-state index < -0.39 is 4.92 Å². The van der Waals surface area contributed by atoms with Crippen molar-refractivity contribution in [3.8, 4) is 11.3 Å². The summed E-state index contributed by atoms with van der Waals surface area (Å²) in [6.07, 6.45) is 4.60. The second-order valence-electron chi connectivity index (χ2n) is 5.45. The summed E-state index contributed by atoms with van der Waals surface area (Å²) < 4.78 is 5.62. The molecule has 1 aliphatic heterocycles. The molecule has 1 aliphatic rings. The van der Waals surface area contributed by atoms with E-state index in [1.807, 2.05) is 0 Å². The molecule has 0 saturated carbocycles. The van der Waals surface area contributed by atoms with Crippen LogP contribution in [-0.4, -0.2) is 29.4 Å². The van der Waals surface area contributed by atoms with Crippen LogP contribution in [0.15, 0.2) is 39.9 Å². The van der Waals surface area contributed by atoms with Gasteiger partial charge in [-0.3, -0.25) is 10.1 Å². The number of nitro benzene ring substituents is 1. The van der Waals surface area contributed by atoms with Crippen molar-refractivity contribution >= 4 is 17.6 Å². The van der Waals surface area contributed by atoms with Gasteiger partial charge in [0.05, 0.1) is 4.92 Å². The summed E-state index contributed by atoms with van der Waals surface area (Å²) in [4.78, 5) is 12.9. The molecule has 1 saturated heterocycles. The Bertz CT molecular complexity index is 733. The first-order valence-corrected chi connectivity index (χ1v) is 7.50. The van der Waals surface area contributed by atoms with Crippen LogP contribution in [0.5, 0.6) is 0 Å². The summed E-state index contributed by atoms with van der Waals surface area (Å²) in [6, 6.07) is 8.22. The Kier molecular flexibility index (Phi) is 4.27. The first-order chi connectivity index (χ1) is 11.2. The molecule has 0 unspecified atom stereocenters. The zero-order valence-corrected chi connectivity index (χ0v) is 12.5. The van der Waals surface area contributed by atoms with E-state index in [-0.39, 0.29) is 5.69 Å². The Morgan fingerprint density at radius 1 is 1.22 bits per heavy atom. The lowest BCUT2D eigenvalue weighted by Gasteiger charge is -2.30. The average Bonchev–Trinajstić information content (AvgIpc) is 3.04. The molecule has 2 aromatic rings. The van der Waals surface area contributed by atoms with Crippen molar-refractivity contribution in [1.82, 2.24) is 0 Å². The number of anilines is 1. The smallest absolute Gasteiger partial charge is 0.270 e. The maximum absolute atomic E-state index is 11.1. The van der Waals surface area contributed by atoms with Gasteiger partial charge in [0.1, 0.15) is 17.7 Å². The quantitative estimate of drug-likeness (QED) is 0.402. The maximum atomic E-state index is 11.1. The summed E-state index contributed by atoms with van der Waals surface area (Å²) in [6.45, 7) is 1.85. The molecule has 1 fully saturated rings. The molecule has 2 heterocycles. The SMILES string of the molecule is O=[N+]([O-])c1ccc(N2CCCCC2)c(-c2ccc(/C=N/O)o2)c1. The summed E-state index contributed by atoms with van der Waals surface area (Å²) >= 11 is 0. The molecule has 1 N–H and O–H groups in total. The Hall–Kier alpha value is -2.83. The van der Waals surface area contributed by atoms with Gasteiger partial charge in [0, 0.05) is 36.5 Å². The fourth-order valence-electron chi connectivity index (χ4n) is 2.87. The van der Waals surface area contributed by atoms with Crippen LogP contribution in [-0.2, 0) is 0 Å². The van der Waals surface area contributed by atoms with Crippen molar-refractivity contribution in [3.05, 3.63) is 46.2 Å². The van der Waals surface area contributed by atoms with Crippen molar-refractivity contribution in [2.45, 2.75) is 19.3 Å². The molecule has 0 atom stereocenters. The molecule has 7 nitrogen and oxygen atoms in total. The number of benzene rings is 1. The van der Waals surface area contributed by atoms with Gasteiger partial charge in [-0.05, 0) is 37.5 Å². The van der Waals surface area contributed by atoms with Gasteiger partial charge in [0.15, 0.2) is 0 Å². The van der Waals surface area contributed by atoms with E-state index in [1.54, 1.807) is 18.2 Å². The van der Waals surface area contributed by atoms with Crippen molar-refractivity contribution in [2.24, 2.45) is 5.16 Å². The molecular weight excluding hydrogens is 298 g/mol. The highest BCUT2D eigenvalue weighted by atomic mass is 16.6. The van der Waals surface area contributed by atoms with Crippen LogP contribution in [0, 0.1) is 10.1 Å². The zero-order valence-electron chi connectivity index (χ0n) is 12.5. The third-order valence-corrected chi connectivity index (χ3v) is 3.96. The first-order valence-electron chi connectivity index (χ1n) is 7.50. The normalized spacial score (nSPS) is 15.2. The van der Waals surface area contributed by atoms with Crippen LogP contribution in [0.4, 0.5) is 11.4 Å². The minimum absolute atomic E-state index is 0.0227. The first kappa shape index (κ1) is 15.1. The van der Waals surface area contributed by atoms with Gasteiger partial charge in [-0.2, -0.15) is 0 Å². The number of hydrogen-bond donors (Lipinski definition) is 1. The zero-order chi connectivity index (χ0) is 16.2. The molecule has 120 valence electrons. The van der Waals surface area contributed by atoms with Crippen molar-refractivity contribution in [2.75, 3.05) is 18.0 Å². The van der Waals surface area contributed by atoms with E-state index in [0.29, 0.717) is 17.1 Å². The van der Waals surface area contributed by atoms with Gasteiger partial charge in [-0.15, -0.1) is 0 Å². The molecule has 1 aromatic heterocycles. The van der Waals surface area contributed by atoms with Gasteiger partial charge >= 0.3 is 0 Å². The highest BCUT2D eigenvalue weighted by Gasteiger charge is 2.20. The van der Waals surface area contributed by atoms with Crippen molar-refractivity contribution in [1.29, 1.82) is 0 Å². The number of hydrogen-bond acceptors (Lipinski definition) is 6. The molecule has 0 amide bonds. The number of oxime groups is 1. The van der Waals surface area contributed by atoms with Crippen LogP contribution in [0.2, 0.25) is 0 Å². The Labute approximate surface area is 133 Å². The predicted molar refractivity (Wildman–Crippen MR) is 86.2 cm³/mol. The molecule has 23 heavy (non-hydrogen) atoms. The summed E-state index contributed by atoms with van der Waals surface area (Å²) in [5.74, 6) is 0.905. The standard InChI is InChI=1S/C16H17N3O4/c20-17-11-13-5-7-16(23-13)14-10-12(19(21)22)4-6-15(14)18-8-2-1-3-9-18/h4-7,10-11,20H,1-3,8-9H2/b17-11+. The molecule has 0 bridgehead atoms. The van der Waals surface area contributed by atoms with Gasteiger partial charge in [0.2, 0.25) is 0 Å². The van der Waals surface area contributed by atoms with E-state index in [1.165, 1.54) is 24.8 Å². The molecule has 0 spiro atoms. The Balaban J connectivity index is 2.05. The lowest BCUT2D eigenvalue weighted by Crippen LogP contribution is -2.29. The second kappa shape index (κ2) is 6.51. The summed E-state index contributed by atoms with van der Waals surface area (Å²) in [5, 5.41) is 22.6. The van der Waals surface area contributed by atoms with Crippen LogP contribution < -0.4 is 4.90 Å². The number of nitro groups is 1. The lowest BCUT2D eigenvalue weighted by molar-refractivity contribution is -0.384. The summed E-state index contributed by atoms with van der Waals surface area (Å²) in [7, 11) is 0. The minimum Gasteiger partial charge on any atom is -0.455 e. The van der Waals surface area contributed by atoms with Crippen LogP contribution in [0.1, 0.15) is 25.0 Å². The predicted octanol–water partition coefficient (Wildman–Crippen LogP) is 3.65. The second-order valence-corrected chi connectivity index (χ2v) is 5.45. The third-order valence-electron chi connectivity index (χ3n) is 3.96. The fourth-order valence-corrected chi connectivity index (χ4v) is 2.87. The minimum atomic E-state index is -0.414. The third kappa shape index (κ3) is 3.18. The van der Waals surface area contributed by atoms with Crippen molar-refractivity contribution < 1.29 is 14.5 Å². The number of rotatable bonds is 4. The highest BCUT2D eigenvalue weighted by Crippen LogP contribution is 2.36. The molecule has 0 radical (unpaired) electrons. The van der Waals surface area contributed by atoms with Crippen LogP contribution in [0.3, 0.4) is 0 Å².